The van der Waals surface area contributed by atoms with E-state index < -0.39 is 0 Å². The second-order valence-electron chi connectivity index (χ2n) is 4.60. The van der Waals surface area contributed by atoms with E-state index in [0.717, 1.165) is 5.56 Å². The molecule has 0 saturated carbocycles. The van der Waals surface area contributed by atoms with Crippen LogP contribution in [0, 0.1) is 6.92 Å². The average molecular weight is 340 g/mol. The molecule has 116 valence electrons. The molecule has 0 bridgehead atoms. The maximum atomic E-state index is 12.5. The molecule has 0 atom stereocenters. The number of carbonyl (C=O) groups is 1. The Morgan fingerprint density at radius 2 is 1.73 bits per heavy atom. The molecule has 0 spiro atoms. The van der Waals surface area contributed by atoms with Gasteiger partial charge in [-0.1, -0.05) is 23.2 Å². The molecule has 0 fully saturated rings. The second-order valence-corrected chi connectivity index (χ2v) is 5.44. The molecule has 0 heterocycles. The van der Waals surface area contributed by atoms with Gasteiger partial charge in [-0.2, -0.15) is 0 Å². The third-order valence-corrected chi connectivity index (χ3v) is 3.78. The lowest BCUT2D eigenvalue weighted by Gasteiger charge is -2.14. The lowest BCUT2D eigenvalue weighted by atomic mass is 10.1. The topological polar surface area (TPSA) is 47.6 Å². The predicted molar refractivity (Wildman–Crippen MR) is 88.7 cm³/mol. The molecule has 0 aliphatic heterocycles. The summed E-state index contributed by atoms with van der Waals surface area (Å²) in [7, 11) is 3.00. The van der Waals surface area contributed by atoms with Gasteiger partial charge in [0.25, 0.3) is 5.91 Å². The molecule has 2 rings (SSSR count). The van der Waals surface area contributed by atoms with E-state index in [2.05, 4.69) is 5.32 Å². The Balaban J connectivity index is 2.37. The van der Waals surface area contributed by atoms with Crippen LogP contribution in [-0.2, 0) is 0 Å². The van der Waals surface area contributed by atoms with Gasteiger partial charge in [0.1, 0.15) is 11.5 Å². The number of amides is 1. The Bertz CT molecular complexity index is 717. The molecule has 22 heavy (non-hydrogen) atoms. The minimum Gasteiger partial charge on any atom is -0.496 e. The Morgan fingerprint density at radius 1 is 1.05 bits per heavy atom. The van der Waals surface area contributed by atoms with Crippen LogP contribution in [0.2, 0.25) is 10.0 Å². The molecule has 1 N–H and O–H groups in total. The first-order valence-corrected chi connectivity index (χ1v) is 7.21. The molecule has 0 aliphatic rings. The molecular weight excluding hydrogens is 325 g/mol. The van der Waals surface area contributed by atoms with Crippen LogP contribution in [0.1, 0.15) is 15.9 Å². The molecule has 6 heteroatoms. The molecule has 4 nitrogen and oxygen atoms in total. The molecular formula is C16H15Cl2NO3. The van der Waals surface area contributed by atoms with Crippen LogP contribution in [0.15, 0.2) is 30.3 Å². The van der Waals surface area contributed by atoms with Crippen molar-refractivity contribution in [2.45, 2.75) is 6.92 Å². The fourth-order valence-electron chi connectivity index (χ4n) is 1.98. The Labute approximate surface area is 138 Å². The van der Waals surface area contributed by atoms with Gasteiger partial charge in [-0.25, -0.2) is 0 Å². The van der Waals surface area contributed by atoms with Crippen molar-refractivity contribution in [3.63, 3.8) is 0 Å². The summed E-state index contributed by atoms with van der Waals surface area (Å²) in [6.45, 7) is 1.84. The lowest BCUT2D eigenvalue weighted by molar-refractivity contribution is 0.102. The third kappa shape index (κ3) is 3.46. The third-order valence-electron chi connectivity index (χ3n) is 3.14. The van der Waals surface area contributed by atoms with Crippen LogP contribution >= 0.6 is 23.2 Å². The minimum atomic E-state index is -0.348. The zero-order valence-corrected chi connectivity index (χ0v) is 13.9. The number of hydrogen-bond donors (Lipinski definition) is 1. The van der Waals surface area contributed by atoms with Crippen LogP contribution in [0.5, 0.6) is 11.5 Å². The number of halogens is 2. The van der Waals surface area contributed by atoms with Gasteiger partial charge in [0.05, 0.1) is 25.5 Å². The van der Waals surface area contributed by atoms with Gasteiger partial charge in [0, 0.05) is 16.1 Å². The van der Waals surface area contributed by atoms with E-state index in [1.165, 1.54) is 14.2 Å². The molecule has 2 aromatic carbocycles. The highest BCUT2D eigenvalue weighted by molar-refractivity contribution is 6.32. The monoisotopic (exact) mass is 339 g/mol. The number of methoxy groups -OCH3 is 2. The van der Waals surface area contributed by atoms with E-state index >= 15 is 0 Å². The van der Waals surface area contributed by atoms with Gasteiger partial charge in [-0.15, -0.1) is 0 Å². The Morgan fingerprint density at radius 3 is 2.36 bits per heavy atom. The van der Waals surface area contributed by atoms with E-state index in [9.17, 15) is 4.79 Å². The highest BCUT2D eigenvalue weighted by Crippen LogP contribution is 2.32. The molecule has 0 unspecified atom stereocenters. The maximum absolute atomic E-state index is 12.5. The summed E-state index contributed by atoms with van der Waals surface area (Å²) in [6.07, 6.45) is 0. The quantitative estimate of drug-likeness (QED) is 0.887. The SMILES string of the molecule is COc1cc(Cl)c(C)cc1NC(=O)c1cc(Cl)ccc1OC. The van der Waals surface area contributed by atoms with Crippen molar-refractivity contribution < 1.29 is 14.3 Å². The molecule has 0 radical (unpaired) electrons. The molecule has 0 saturated heterocycles. The Hall–Kier alpha value is -1.91. The number of hydrogen-bond acceptors (Lipinski definition) is 3. The predicted octanol–water partition coefficient (Wildman–Crippen LogP) is 4.57. The van der Waals surface area contributed by atoms with Gasteiger partial charge in [-0.05, 0) is 36.8 Å². The zero-order chi connectivity index (χ0) is 16.3. The van der Waals surface area contributed by atoms with Gasteiger partial charge >= 0.3 is 0 Å². The fraction of sp³-hybridized carbons (Fsp3) is 0.188. The van der Waals surface area contributed by atoms with Gasteiger partial charge in [0.15, 0.2) is 0 Å². The molecule has 1 amide bonds. The van der Waals surface area contributed by atoms with E-state index in [-0.39, 0.29) is 5.91 Å². The number of carbonyl (C=O) groups excluding carboxylic acids is 1. The van der Waals surface area contributed by atoms with Gasteiger partial charge in [0.2, 0.25) is 0 Å². The zero-order valence-electron chi connectivity index (χ0n) is 12.4. The largest absolute Gasteiger partial charge is 0.496 e. The fourth-order valence-corrected chi connectivity index (χ4v) is 2.30. The average Bonchev–Trinajstić information content (AvgIpc) is 2.50. The van der Waals surface area contributed by atoms with Crippen LogP contribution in [-0.4, -0.2) is 20.1 Å². The number of nitrogens with one attached hydrogen (secondary N) is 1. The van der Waals surface area contributed by atoms with Gasteiger partial charge < -0.3 is 14.8 Å². The number of benzene rings is 2. The smallest absolute Gasteiger partial charge is 0.259 e. The second kappa shape index (κ2) is 6.90. The van der Waals surface area contributed by atoms with Crippen molar-refractivity contribution in [3.8, 4) is 11.5 Å². The van der Waals surface area contributed by atoms with Crippen LogP contribution in [0.3, 0.4) is 0 Å². The van der Waals surface area contributed by atoms with Crippen LogP contribution < -0.4 is 14.8 Å². The number of ether oxygens (including phenoxy) is 2. The standard InChI is InChI=1S/C16H15Cl2NO3/c1-9-6-13(15(22-3)8-12(9)18)19-16(20)11-7-10(17)4-5-14(11)21-2/h4-8H,1-3H3,(H,19,20). The number of anilines is 1. The maximum Gasteiger partial charge on any atom is 0.259 e. The van der Waals surface area contributed by atoms with Crippen molar-refractivity contribution in [2.75, 3.05) is 19.5 Å². The van der Waals surface area contributed by atoms with Crippen molar-refractivity contribution in [3.05, 3.63) is 51.5 Å². The van der Waals surface area contributed by atoms with Crippen LogP contribution in [0.4, 0.5) is 5.69 Å². The van der Waals surface area contributed by atoms with Crippen molar-refractivity contribution >= 4 is 34.8 Å². The highest BCUT2D eigenvalue weighted by Gasteiger charge is 2.16. The normalized spacial score (nSPS) is 10.2. The van der Waals surface area contributed by atoms with E-state index in [1.807, 2.05) is 6.92 Å². The number of aryl methyl sites for hydroxylation is 1. The number of rotatable bonds is 4. The first-order chi connectivity index (χ1) is 10.5. The van der Waals surface area contributed by atoms with Gasteiger partial charge in [-0.3, -0.25) is 4.79 Å². The summed E-state index contributed by atoms with van der Waals surface area (Å²) < 4.78 is 10.4. The van der Waals surface area contributed by atoms with E-state index in [0.29, 0.717) is 32.8 Å². The molecule has 0 aliphatic carbocycles. The van der Waals surface area contributed by atoms with Crippen LogP contribution in [0.25, 0.3) is 0 Å². The van der Waals surface area contributed by atoms with Crippen molar-refractivity contribution in [2.24, 2.45) is 0 Å². The first-order valence-electron chi connectivity index (χ1n) is 6.45. The lowest BCUT2D eigenvalue weighted by Crippen LogP contribution is -2.14. The Kier molecular flexibility index (Phi) is 5.16. The summed E-state index contributed by atoms with van der Waals surface area (Å²) in [5.74, 6) is 0.566. The summed E-state index contributed by atoms with van der Waals surface area (Å²) in [6, 6.07) is 8.24. The molecule has 0 aromatic heterocycles. The highest BCUT2D eigenvalue weighted by atomic mass is 35.5. The van der Waals surface area contributed by atoms with E-state index in [1.54, 1.807) is 30.3 Å². The minimum absolute atomic E-state index is 0.338. The molecule has 2 aromatic rings. The van der Waals surface area contributed by atoms with Crippen molar-refractivity contribution in [1.29, 1.82) is 0 Å². The summed E-state index contributed by atoms with van der Waals surface area (Å²) in [5, 5.41) is 3.80. The van der Waals surface area contributed by atoms with Crippen molar-refractivity contribution in [1.82, 2.24) is 0 Å². The summed E-state index contributed by atoms with van der Waals surface area (Å²) in [5.41, 5.74) is 1.69. The summed E-state index contributed by atoms with van der Waals surface area (Å²) >= 11 is 12.0. The summed E-state index contributed by atoms with van der Waals surface area (Å²) in [4.78, 5) is 12.5. The first kappa shape index (κ1) is 16.5. The van der Waals surface area contributed by atoms with E-state index in [4.69, 9.17) is 32.7 Å².